The van der Waals surface area contributed by atoms with E-state index in [0.29, 0.717) is 11.6 Å². The number of ether oxygens (including phenoxy) is 1. The van der Waals surface area contributed by atoms with Crippen LogP contribution in [0.1, 0.15) is 62.7 Å². The third-order valence-electron chi connectivity index (χ3n) is 2.07. The van der Waals surface area contributed by atoms with E-state index in [0.717, 1.165) is 0 Å². The van der Waals surface area contributed by atoms with E-state index in [1.807, 2.05) is 34.6 Å². The molecule has 1 heterocycles. The molecule has 1 aromatic rings. The molecule has 0 atom stereocenters. The monoisotopic (exact) mass is 241 g/mol. The summed E-state index contributed by atoms with van der Waals surface area (Å²) in [5.41, 5.74) is 0.153. The van der Waals surface area contributed by atoms with E-state index >= 15 is 0 Å². The summed E-state index contributed by atoms with van der Waals surface area (Å²) in [6.45, 7) is 9.67. The quantitative estimate of drug-likeness (QED) is 0.877. The maximum atomic E-state index is 11.0. The predicted octanol–water partition coefficient (Wildman–Crippen LogP) is 2.81. The van der Waals surface area contributed by atoms with Crippen molar-refractivity contribution < 1.29 is 19.1 Å². The van der Waals surface area contributed by atoms with Gasteiger partial charge in [0, 0.05) is 0 Å². The Morgan fingerprint density at radius 1 is 1.47 bits per heavy atom. The number of aromatic carboxylic acids is 1. The fourth-order valence-electron chi connectivity index (χ4n) is 1.26. The van der Waals surface area contributed by atoms with Crippen molar-refractivity contribution in [3.8, 4) is 0 Å². The van der Waals surface area contributed by atoms with E-state index in [1.54, 1.807) is 0 Å². The molecule has 5 heteroatoms. The highest BCUT2D eigenvalue weighted by Gasteiger charge is 2.22. The molecule has 0 radical (unpaired) electrons. The van der Waals surface area contributed by atoms with E-state index in [2.05, 4.69) is 4.98 Å². The number of aromatic nitrogens is 1. The van der Waals surface area contributed by atoms with Crippen LogP contribution in [0, 0.1) is 0 Å². The molecule has 96 valence electrons. The summed E-state index contributed by atoms with van der Waals surface area (Å²) in [5, 5.41) is 8.98. The molecule has 0 fully saturated rings. The van der Waals surface area contributed by atoms with Crippen molar-refractivity contribution in [1.82, 2.24) is 4.98 Å². The van der Waals surface area contributed by atoms with Crippen LogP contribution in [0.4, 0.5) is 0 Å². The Balaban J connectivity index is 2.89. The van der Waals surface area contributed by atoms with Gasteiger partial charge < -0.3 is 14.3 Å². The van der Waals surface area contributed by atoms with E-state index in [9.17, 15) is 4.79 Å². The summed E-state index contributed by atoms with van der Waals surface area (Å²) in [6.07, 6.45) is 0. The highest BCUT2D eigenvalue weighted by Crippen LogP contribution is 2.21. The third-order valence-corrected chi connectivity index (χ3v) is 2.07. The molecule has 0 spiro atoms. The third kappa shape index (κ3) is 3.85. The van der Waals surface area contributed by atoms with Gasteiger partial charge in [-0.1, -0.05) is 13.8 Å². The van der Waals surface area contributed by atoms with Crippen LogP contribution in [-0.4, -0.2) is 21.7 Å². The lowest BCUT2D eigenvalue weighted by Crippen LogP contribution is -2.18. The second kappa shape index (κ2) is 4.87. The van der Waals surface area contributed by atoms with E-state index in [1.165, 1.54) is 0 Å². The van der Waals surface area contributed by atoms with Crippen molar-refractivity contribution >= 4 is 5.97 Å². The van der Waals surface area contributed by atoms with Gasteiger partial charge >= 0.3 is 5.97 Å². The van der Waals surface area contributed by atoms with Crippen molar-refractivity contribution in [3.63, 3.8) is 0 Å². The van der Waals surface area contributed by atoms with Crippen molar-refractivity contribution in [1.29, 1.82) is 0 Å². The average Bonchev–Trinajstić information content (AvgIpc) is 2.57. The van der Waals surface area contributed by atoms with Gasteiger partial charge in [0.25, 0.3) is 0 Å². The molecule has 0 aliphatic rings. The Bertz CT molecular complexity index is 401. The summed E-state index contributed by atoms with van der Waals surface area (Å²) in [5.74, 6) is -0.870. The van der Waals surface area contributed by atoms with Gasteiger partial charge in [0.1, 0.15) is 6.61 Å². The molecule has 1 N–H and O–H groups in total. The average molecular weight is 241 g/mol. The lowest BCUT2D eigenvalue weighted by molar-refractivity contribution is -0.0246. The molecule has 17 heavy (non-hydrogen) atoms. The number of hydrogen-bond acceptors (Lipinski definition) is 4. The van der Waals surface area contributed by atoms with Crippen LogP contribution in [0.3, 0.4) is 0 Å². The lowest BCUT2D eigenvalue weighted by Gasteiger charge is -2.17. The van der Waals surface area contributed by atoms with E-state index in [4.69, 9.17) is 14.3 Å². The van der Waals surface area contributed by atoms with Crippen molar-refractivity contribution in [2.24, 2.45) is 0 Å². The van der Waals surface area contributed by atoms with Gasteiger partial charge in [-0.2, -0.15) is 0 Å². The molecular weight excluding hydrogens is 222 g/mol. The lowest BCUT2D eigenvalue weighted by atomic mass is 10.1. The number of hydrogen-bond donors (Lipinski definition) is 1. The fourth-order valence-corrected chi connectivity index (χ4v) is 1.26. The van der Waals surface area contributed by atoms with Crippen LogP contribution in [0.2, 0.25) is 0 Å². The highest BCUT2D eigenvalue weighted by atomic mass is 16.5. The second-order valence-corrected chi connectivity index (χ2v) is 5.18. The number of carboxylic acids is 1. The van der Waals surface area contributed by atoms with Crippen molar-refractivity contribution in [3.05, 3.63) is 17.3 Å². The molecule has 0 aromatic carbocycles. The van der Waals surface area contributed by atoms with Crippen molar-refractivity contribution in [2.45, 2.75) is 52.7 Å². The number of rotatable bonds is 4. The Labute approximate surface area is 101 Å². The second-order valence-electron chi connectivity index (χ2n) is 5.18. The topological polar surface area (TPSA) is 72.6 Å². The van der Waals surface area contributed by atoms with Gasteiger partial charge in [0.2, 0.25) is 11.7 Å². The number of carbonyl (C=O) groups is 1. The largest absolute Gasteiger partial charge is 0.475 e. The summed E-state index contributed by atoms with van der Waals surface area (Å²) in [6, 6.07) is 0. The van der Waals surface area contributed by atoms with Crippen LogP contribution in [0.15, 0.2) is 4.42 Å². The Morgan fingerprint density at radius 2 is 2.06 bits per heavy atom. The zero-order chi connectivity index (χ0) is 13.2. The number of oxazole rings is 1. The van der Waals surface area contributed by atoms with Gasteiger partial charge in [-0.25, -0.2) is 9.78 Å². The molecular formula is C12H19NO4. The zero-order valence-corrected chi connectivity index (χ0v) is 10.9. The van der Waals surface area contributed by atoms with E-state index < -0.39 is 5.97 Å². The fraction of sp³-hybridized carbons (Fsp3) is 0.667. The molecule has 5 nitrogen and oxygen atoms in total. The highest BCUT2D eigenvalue weighted by molar-refractivity contribution is 5.85. The maximum Gasteiger partial charge on any atom is 0.373 e. The number of nitrogens with zero attached hydrogens (tertiary/aromatic N) is 1. The first-order chi connectivity index (χ1) is 7.70. The molecule has 0 unspecified atom stereocenters. The molecule has 1 aromatic heterocycles. The number of carboxylic acid groups (broad SMARTS) is 1. The van der Waals surface area contributed by atoms with Crippen LogP contribution in [0.25, 0.3) is 0 Å². The van der Waals surface area contributed by atoms with Crippen LogP contribution >= 0.6 is 0 Å². The maximum absolute atomic E-state index is 11.0. The molecule has 0 saturated carbocycles. The molecule has 0 amide bonds. The van der Waals surface area contributed by atoms with Gasteiger partial charge in [0.05, 0.1) is 11.3 Å². The van der Waals surface area contributed by atoms with Gasteiger partial charge in [0.15, 0.2) is 0 Å². The summed E-state index contributed by atoms with van der Waals surface area (Å²) in [7, 11) is 0. The molecule has 0 bridgehead atoms. The van der Waals surface area contributed by atoms with Gasteiger partial charge in [-0.15, -0.1) is 0 Å². The minimum Gasteiger partial charge on any atom is -0.475 e. The molecule has 0 aliphatic carbocycles. The minimum absolute atomic E-state index is 0.00763. The van der Waals surface area contributed by atoms with Crippen LogP contribution in [-0.2, 0) is 11.3 Å². The smallest absolute Gasteiger partial charge is 0.373 e. The summed E-state index contributed by atoms with van der Waals surface area (Å²) < 4.78 is 10.7. The van der Waals surface area contributed by atoms with Crippen molar-refractivity contribution in [2.75, 3.05) is 0 Å². The van der Waals surface area contributed by atoms with Crippen LogP contribution < -0.4 is 0 Å². The standard InChI is InChI=1S/C12H19NO4/c1-7(2)9-10(11(14)15)17-8(13-9)6-16-12(3,4)5/h7H,6H2,1-5H3,(H,14,15). The summed E-state index contributed by atoms with van der Waals surface area (Å²) >= 11 is 0. The summed E-state index contributed by atoms with van der Waals surface area (Å²) in [4.78, 5) is 15.1. The molecule has 0 aliphatic heterocycles. The first-order valence-corrected chi connectivity index (χ1v) is 5.57. The SMILES string of the molecule is CC(C)c1nc(COC(C)(C)C)oc1C(=O)O. The van der Waals surface area contributed by atoms with Crippen LogP contribution in [0.5, 0.6) is 0 Å². The first-order valence-electron chi connectivity index (χ1n) is 5.57. The first kappa shape index (κ1) is 13.7. The Kier molecular flexibility index (Phi) is 3.93. The molecule has 1 rings (SSSR count). The minimum atomic E-state index is -1.09. The van der Waals surface area contributed by atoms with Gasteiger partial charge in [-0.05, 0) is 26.7 Å². The Morgan fingerprint density at radius 3 is 2.41 bits per heavy atom. The zero-order valence-electron chi connectivity index (χ0n) is 10.9. The van der Waals surface area contributed by atoms with E-state index in [-0.39, 0.29) is 23.9 Å². The Hall–Kier alpha value is -1.36. The molecule has 0 saturated heterocycles. The van der Waals surface area contributed by atoms with Gasteiger partial charge in [-0.3, -0.25) is 0 Å². The predicted molar refractivity (Wildman–Crippen MR) is 62.1 cm³/mol. The normalized spacial score (nSPS) is 12.1.